The maximum Gasteiger partial charge on any atom is 0.340 e. The number of halogens is 1. The molecular formula is C26H26BrN3O8S. The standard InChI is InChI=1S/C26H26BrN3O8S/c1-4-36-25(32)21-15(3)29-20(13-39-14-38-24(31)17-9-18(27)12-28-11-17)23(26(33)37-5-2)22(21)16-7-6-8-19(10-16)30(34)35/h6-12,22,29H,4-5,13-14H2,1-3H3. The van der Waals surface area contributed by atoms with Crippen molar-refractivity contribution in [1.82, 2.24) is 10.3 Å². The summed E-state index contributed by atoms with van der Waals surface area (Å²) >= 11 is 4.46. The molecule has 0 aliphatic carbocycles. The number of carbonyl (C=O) groups excluding carboxylic acids is 3. The van der Waals surface area contributed by atoms with Gasteiger partial charge in [-0.05, 0) is 48.3 Å². The lowest BCUT2D eigenvalue weighted by Crippen LogP contribution is -2.34. The molecule has 2 heterocycles. The fourth-order valence-corrected chi connectivity index (χ4v) is 5.01. The smallest absolute Gasteiger partial charge is 0.340 e. The molecule has 0 saturated heterocycles. The Balaban J connectivity index is 1.96. The number of carbonyl (C=O) groups is 3. The Kier molecular flexibility index (Phi) is 10.6. The van der Waals surface area contributed by atoms with E-state index in [1.807, 2.05) is 0 Å². The van der Waals surface area contributed by atoms with E-state index in [4.69, 9.17) is 14.2 Å². The molecule has 3 rings (SSSR count). The van der Waals surface area contributed by atoms with Crippen LogP contribution >= 0.6 is 27.7 Å². The van der Waals surface area contributed by atoms with E-state index in [-0.39, 0.29) is 47.3 Å². The number of ether oxygens (including phenoxy) is 3. The molecule has 1 aliphatic rings. The largest absolute Gasteiger partial charge is 0.463 e. The topological polar surface area (TPSA) is 147 Å². The van der Waals surface area contributed by atoms with Gasteiger partial charge in [-0.2, -0.15) is 0 Å². The lowest BCUT2D eigenvalue weighted by Gasteiger charge is -2.31. The normalized spacial score (nSPS) is 14.9. The Morgan fingerprint density at radius 3 is 2.38 bits per heavy atom. The van der Waals surface area contributed by atoms with Gasteiger partial charge in [0.05, 0.1) is 40.8 Å². The number of nitrogens with zero attached hydrogens (tertiary/aromatic N) is 2. The summed E-state index contributed by atoms with van der Waals surface area (Å²) < 4.78 is 16.5. The number of rotatable bonds is 11. The van der Waals surface area contributed by atoms with Gasteiger partial charge in [0, 0.05) is 46.1 Å². The summed E-state index contributed by atoms with van der Waals surface area (Å²) in [6.07, 6.45) is 2.93. The van der Waals surface area contributed by atoms with Crippen molar-refractivity contribution >= 4 is 51.3 Å². The van der Waals surface area contributed by atoms with Gasteiger partial charge in [-0.1, -0.05) is 12.1 Å². The lowest BCUT2D eigenvalue weighted by atomic mass is 9.80. The number of non-ortho nitro benzene ring substituents is 1. The fraction of sp³-hybridized carbons (Fsp3) is 0.308. The third-order valence-electron chi connectivity index (χ3n) is 5.51. The van der Waals surface area contributed by atoms with Crippen molar-refractivity contribution in [3.63, 3.8) is 0 Å². The van der Waals surface area contributed by atoms with Gasteiger partial charge in [0.1, 0.15) is 5.94 Å². The van der Waals surface area contributed by atoms with Crippen molar-refractivity contribution in [2.24, 2.45) is 0 Å². The number of pyridine rings is 1. The number of aromatic nitrogens is 1. The molecule has 0 spiro atoms. The van der Waals surface area contributed by atoms with Gasteiger partial charge >= 0.3 is 17.9 Å². The van der Waals surface area contributed by atoms with Gasteiger partial charge in [0.15, 0.2) is 0 Å². The molecule has 39 heavy (non-hydrogen) atoms. The fourth-order valence-electron chi connectivity index (χ4n) is 3.94. The van der Waals surface area contributed by atoms with Crippen LogP contribution in [0.3, 0.4) is 0 Å². The summed E-state index contributed by atoms with van der Waals surface area (Å²) in [5.74, 6) is -2.77. The molecule has 1 aromatic heterocycles. The van der Waals surface area contributed by atoms with Gasteiger partial charge in [-0.15, -0.1) is 11.8 Å². The average Bonchev–Trinajstić information content (AvgIpc) is 2.90. The first-order valence-electron chi connectivity index (χ1n) is 11.8. The summed E-state index contributed by atoms with van der Waals surface area (Å²) in [5.41, 5.74) is 1.53. The Morgan fingerprint density at radius 1 is 1.05 bits per heavy atom. The van der Waals surface area contributed by atoms with Crippen LogP contribution in [0.5, 0.6) is 0 Å². The molecule has 1 aromatic carbocycles. The van der Waals surface area contributed by atoms with Crippen LogP contribution in [-0.2, 0) is 23.8 Å². The molecule has 13 heteroatoms. The van der Waals surface area contributed by atoms with E-state index in [1.165, 1.54) is 36.2 Å². The first kappa shape index (κ1) is 29.8. The Morgan fingerprint density at radius 2 is 1.74 bits per heavy atom. The zero-order valence-corrected chi connectivity index (χ0v) is 23.8. The molecule has 11 nitrogen and oxygen atoms in total. The van der Waals surface area contributed by atoms with Gasteiger partial charge in [0.25, 0.3) is 5.69 Å². The number of benzene rings is 1. The molecule has 2 aromatic rings. The molecular weight excluding hydrogens is 594 g/mol. The number of esters is 3. The number of allylic oxidation sites excluding steroid dienone is 1. The maximum absolute atomic E-state index is 13.3. The minimum absolute atomic E-state index is 0.0401. The van der Waals surface area contributed by atoms with Gasteiger partial charge in [-0.25, -0.2) is 14.4 Å². The summed E-state index contributed by atoms with van der Waals surface area (Å²) in [5, 5.41) is 14.6. The predicted molar refractivity (Wildman–Crippen MR) is 147 cm³/mol. The van der Waals surface area contributed by atoms with Crippen molar-refractivity contribution in [2.45, 2.75) is 26.7 Å². The number of hydrogen-bond acceptors (Lipinski definition) is 11. The van der Waals surface area contributed by atoms with E-state index in [0.717, 1.165) is 0 Å². The van der Waals surface area contributed by atoms with E-state index < -0.39 is 28.7 Å². The van der Waals surface area contributed by atoms with Crippen LogP contribution in [0.15, 0.2) is 69.7 Å². The first-order chi connectivity index (χ1) is 18.7. The zero-order valence-electron chi connectivity index (χ0n) is 21.4. The second kappa shape index (κ2) is 13.9. The number of thioether (sulfide) groups is 1. The summed E-state index contributed by atoms with van der Waals surface area (Å²) in [4.78, 5) is 53.5. The highest BCUT2D eigenvalue weighted by Gasteiger charge is 2.39. The highest BCUT2D eigenvalue weighted by atomic mass is 79.9. The molecule has 0 radical (unpaired) electrons. The summed E-state index contributed by atoms with van der Waals surface area (Å²) in [7, 11) is 0. The van der Waals surface area contributed by atoms with Crippen LogP contribution in [0, 0.1) is 10.1 Å². The molecule has 0 saturated carbocycles. The minimum Gasteiger partial charge on any atom is -0.463 e. The van der Waals surface area contributed by atoms with Crippen molar-refractivity contribution in [3.8, 4) is 0 Å². The number of nitro benzene ring substituents is 1. The summed E-state index contributed by atoms with van der Waals surface area (Å²) in [6, 6.07) is 7.32. The second-order valence-electron chi connectivity index (χ2n) is 8.07. The van der Waals surface area contributed by atoms with Crippen LogP contribution in [0.2, 0.25) is 0 Å². The Hall–Kier alpha value is -3.71. The Bertz CT molecular complexity index is 1340. The van der Waals surface area contributed by atoms with E-state index in [2.05, 4.69) is 26.2 Å². The van der Waals surface area contributed by atoms with Crippen LogP contribution < -0.4 is 5.32 Å². The monoisotopic (exact) mass is 619 g/mol. The quantitative estimate of drug-likeness (QED) is 0.0936. The Labute approximate surface area is 237 Å². The number of hydrogen-bond donors (Lipinski definition) is 1. The summed E-state index contributed by atoms with van der Waals surface area (Å²) in [6.45, 7) is 5.12. The van der Waals surface area contributed by atoms with Crippen LogP contribution in [0.4, 0.5) is 5.69 Å². The molecule has 0 bridgehead atoms. The molecule has 1 unspecified atom stereocenters. The highest BCUT2D eigenvalue weighted by molar-refractivity contribution is 9.10. The van der Waals surface area contributed by atoms with Gasteiger partial charge in [-0.3, -0.25) is 15.1 Å². The minimum atomic E-state index is -0.991. The molecule has 0 fully saturated rings. The molecule has 1 aliphatic heterocycles. The first-order valence-corrected chi connectivity index (χ1v) is 13.8. The predicted octanol–water partition coefficient (Wildman–Crippen LogP) is 4.64. The number of dihydropyridines is 1. The molecule has 0 amide bonds. The van der Waals surface area contributed by atoms with Crippen molar-refractivity contribution in [3.05, 3.63) is 91.0 Å². The number of nitrogens with one attached hydrogen (secondary N) is 1. The van der Waals surface area contributed by atoms with Gasteiger partial charge < -0.3 is 19.5 Å². The third kappa shape index (κ3) is 7.45. The molecule has 1 N–H and O–H groups in total. The van der Waals surface area contributed by atoms with Crippen molar-refractivity contribution in [2.75, 3.05) is 24.9 Å². The molecule has 1 atom stereocenters. The lowest BCUT2D eigenvalue weighted by molar-refractivity contribution is -0.384. The zero-order chi connectivity index (χ0) is 28.5. The van der Waals surface area contributed by atoms with Gasteiger partial charge in [0.2, 0.25) is 0 Å². The SMILES string of the molecule is CCOC(=O)C1=C(C)NC(CSCOC(=O)c2cncc(Br)c2)=C(C(=O)OCC)C1c1cccc([N+](=O)[O-])c1. The van der Waals surface area contributed by atoms with E-state index in [1.54, 1.807) is 39.1 Å². The van der Waals surface area contributed by atoms with Crippen molar-refractivity contribution < 1.29 is 33.5 Å². The van der Waals surface area contributed by atoms with E-state index in [0.29, 0.717) is 21.4 Å². The third-order valence-corrected chi connectivity index (χ3v) is 6.72. The van der Waals surface area contributed by atoms with Crippen LogP contribution in [0.25, 0.3) is 0 Å². The van der Waals surface area contributed by atoms with E-state index in [9.17, 15) is 24.5 Å². The average molecular weight is 620 g/mol. The van der Waals surface area contributed by atoms with Crippen molar-refractivity contribution in [1.29, 1.82) is 0 Å². The van der Waals surface area contributed by atoms with E-state index >= 15 is 0 Å². The number of nitro groups is 1. The molecule has 206 valence electrons. The second-order valence-corrected chi connectivity index (χ2v) is 9.92. The highest BCUT2D eigenvalue weighted by Crippen LogP contribution is 2.41. The maximum atomic E-state index is 13.3. The van der Waals surface area contributed by atoms with Crippen LogP contribution in [0.1, 0.15) is 42.6 Å². The van der Waals surface area contributed by atoms with Crippen LogP contribution in [-0.4, -0.2) is 52.7 Å².